The molecule has 1 rings (SSSR count). The number of hydrogen-bond donors (Lipinski definition) is 2. The maximum Gasteiger partial charge on any atom is 0.119 e. The van der Waals surface area contributed by atoms with Gasteiger partial charge in [-0.15, -0.1) is 0 Å². The standard InChI is InChI=1S/C11H16O2/c1-3-9-8(7-12)5-6-11(13)10(9)4-2/h5-6,12-13H,3-4,7H2,1-2H3. The molecule has 1 aromatic rings. The summed E-state index contributed by atoms with van der Waals surface area (Å²) in [6.07, 6.45) is 1.66. The second-order valence-corrected chi connectivity index (χ2v) is 3.07. The maximum atomic E-state index is 9.56. The minimum absolute atomic E-state index is 0.0520. The van der Waals surface area contributed by atoms with Crippen LogP contribution in [0.4, 0.5) is 0 Å². The summed E-state index contributed by atoms with van der Waals surface area (Å²) in [5.41, 5.74) is 2.98. The van der Waals surface area contributed by atoms with Crippen molar-refractivity contribution in [2.24, 2.45) is 0 Å². The van der Waals surface area contributed by atoms with E-state index >= 15 is 0 Å². The molecule has 72 valence electrons. The van der Waals surface area contributed by atoms with Gasteiger partial charge in [0.2, 0.25) is 0 Å². The molecule has 0 saturated heterocycles. The number of phenolic OH excluding ortho intramolecular Hbond substituents is 1. The first-order chi connectivity index (χ1) is 6.24. The number of aliphatic hydroxyl groups is 1. The van der Waals surface area contributed by atoms with Crippen molar-refractivity contribution in [3.8, 4) is 5.75 Å². The van der Waals surface area contributed by atoms with E-state index < -0.39 is 0 Å². The highest BCUT2D eigenvalue weighted by Crippen LogP contribution is 2.25. The van der Waals surface area contributed by atoms with Crippen molar-refractivity contribution in [3.05, 3.63) is 28.8 Å². The summed E-state index contributed by atoms with van der Waals surface area (Å²) in [6.45, 7) is 4.10. The van der Waals surface area contributed by atoms with Crippen LogP contribution in [0.15, 0.2) is 12.1 Å². The molecule has 1 aromatic carbocycles. The quantitative estimate of drug-likeness (QED) is 0.747. The Bertz CT molecular complexity index is 292. The fourth-order valence-corrected chi connectivity index (χ4v) is 1.71. The number of phenols is 1. The summed E-state index contributed by atoms with van der Waals surface area (Å²) < 4.78 is 0. The van der Waals surface area contributed by atoms with Gasteiger partial charge in [0.25, 0.3) is 0 Å². The van der Waals surface area contributed by atoms with Crippen LogP contribution >= 0.6 is 0 Å². The Morgan fingerprint density at radius 2 is 1.69 bits per heavy atom. The Balaban J connectivity index is 3.27. The van der Waals surface area contributed by atoms with Crippen molar-refractivity contribution in [1.29, 1.82) is 0 Å². The molecule has 0 radical (unpaired) electrons. The molecule has 2 N–H and O–H groups in total. The molecule has 0 unspecified atom stereocenters. The highest BCUT2D eigenvalue weighted by molar-refractivity contribution is 5.44. The van der Waals surface area contributed by atoms with Crippen LogP contribution < -0.4 is 0 Å². The Morgan fingerprint density at radius 3 is 2.15 bits per heavy atom. The van der Waals surface area contributed by atoms with E-state index in [2.05, 4.69) is 0 Å². The van der Waals surface area contributed by atoms with Crippen molar-refractivity contribution in [2.45, 2.75) is 33.3 Å². The summed E-state index contributed by atoms with van der Waals surface area (Å²) in [5.74, 6) is 0.344. The van der Waals surface area contributed by atoms with Crippen molar-refractivity contribution in [2.75, 3.05) is 0 Å². The lowest BCUT2D eigenvalue weighted by atomic mass is 9.96. The van der Waals surface area contributed by atoms with Crippen molar-refractivity contribution >= 4 is 0 Å². The van der Waals surface area contributed by atoms with Gasteiger partial charge in [-0.1, -0.05) is 19.9 Å². The highest BCUT2D eigenvalue weighted by atomic mass is 16.3. The smallest absolute Gasteiger partial charge is 0.119 e. The molecule has 0 aliphatic rings. The van der Waals surface area contributed by atoms with Crippen LogP contribution in [-0.2, 0) is 19.4 Å². The van der Waals surface area contributed by atoms with Gasteiger partial charge in [-0.05, 0) is 35.6 Å². The molecular weight excluding hydrogens is 164 g/mol. The third-order valence-corrected chi connectivity index (χ3v) is 2.38. The predicted octanol–water partition coefficient (Wildman–Crippen LogP) is 2.01. The van der Waals surface area contributed by atoms with Crippen LogP contribution in [0, 0.1) is 0 Å². The van der Waals surface area contributed by atoms with E-state index in [4.69, 9.17) is 5.11 Å². The lowest BCUT2D eigenvalue weighted by Gasteiger charge is -2.12. The highest BCUT2D eigenvalue weighted by Gasteiger charge is 2.08. The average Bonchev–Trinajstić information content (AvgIpc) is 2.17. The third kappa shape index (κ3) is 1.83. The number of aromatic hydroxyl groups is 1. The molecule has 0 saturated carbocycles. The van der Waals surface area contributed by atoms with E-state index in [0.29, 0.717) is 5.75 Å². The van der Waals surface area contributed by atoms with E-state index in [9.17, 15) is 5.11 Å². The van der Waals surface area contributed by atoms with Crippen LogP contribution in [0.3, 0.4) is 0 Å². The van der Waals surface area contributed by atoms with E-state index in [1.54, 1.807) is 12.1 Å². The number of aliphatic hydroxyl groups excluding tert-OH is 1. The predicted molar refractivity (Wildman–Crippen MR) is 52.8 cm³/mol. The molecule has 0 aliphatic heterocycles. The monoisotopic (exact) mass is 180 g/mol. The zero-order chi connectivity index (χ0) is 9.84. The average molecular weight is 180 g/mol. The Morgan fingerprint density at radius 1 is 1.08 bits per heavy atom. The Labute approximate surface area is 78.8 Å². The molecule has 0 bridgehead atoms. The molecule has 0 amide bonds. The lowest BCUT2D eigenvalue weighted by Crippen LogP contribution is -1.98. The fourth-order valence-electron chi connectivity index (χ4n) is 1.71. The summed E-state index contributed by atoms with van der Waals surface area (Å²) in [5, 5.41) is 18.6. The van der Waals surface area contributed by atoms with Gasteiger partial charge in [-0.25, -0.2) is 0 Å². The molecule has 0 spiro atoms. The molecule has 0 aliphatic carbocycles. The molecular formula is C11H16O2. The minimum Gasteiger partial charge on any atom is -0.508 e. The number of rotatable bonds is 3. The normalized spacial score (nSPS) is 10.4. The molecule has 0 aromatic heterocycles. The molecule has 2 nitrogen and oxygen atoms in total. The van der Waals surface area contributed by atoms with Crippen molar-refractivity contribution < 1.29 is 10.2 Å². The number of hydrogen-bond acceptors (Lipinski definition) is 2. The van der Waals surface area contributed by atoms with Crippen molar-refractivity contribution in [3.63, 3.8) is 0 Å². The number of benzene rings is 1. The Hall–Kier alpha value is -1.02. The molecule has 2 heteroatoms. The van der Waals surface area contributed by atoms with Crippen LogP contribution in [-0.4, -0.2) is 10.2 Å². The van der Waals surface area contributed by atoms with Gasteiger partial charge in [-0.2, -0.15) is 0 Å². The minimum atomic E-state index is 0.0520. The van der Waals surface area contributed by atoms with Gasteiger partial charge in [0.05, 0.1) is 6.61 Å². The van der Waals surface area contributed by atoms with Crippen LogP contribution in [0.25, 0.3) is 0 Å². The Kier molecular flexibility index (Phi) is 3.32. The zero-order valence-electron chi connectivity index (χ0n) is 8.17. The summed E-state index contributed by atoms with van der Waals surface area (Å²) in [7, 11) is 0. The van der Waals surface area contributed by atoms with E-state index in [0.717, 1.165) is 29.5 Å². The van der Waals surface area contributed by atoms with Gasteiger partial charge in [0, 0.05) is 0 Å². The molecule has 13 heavy (non-hydrogen) atoms. The first-order valence-corrected chi connectivity index (χ1v) is 4.68. The largest absolute Gasteiger partial charge is 0.508 e. The van der Waals surface area contributed by atoms with Crippen LogP contribution in [0.5, 0.6) is 5.75 Å². The molecule has 0 fully saturated rings. The molecule has 0 atom stereocenters. The first-order valence-electron chi connectivity index (χ1n) is 4.68. The van der Waals surface area contributed by atoms with E-state index in [-0.39, 0.29) is 6.61 Å². The zero-order valence-corrected chi connectivity index (χ0v) is 8.17. The summed E-state index contributed by atoms with van der Waals surface area (Å²) in [6, 6.07) is 3.44. The van der Waals surface area contributed by atoms with E-state index in [1.165, 1.54) is 0 Å². The topological polar surface area (TPSA) is 40.5 Å². The van der Waals surface area contributed by atoms with Gasteiger partial charge in [0.1, 0.15) is 5.75 Å². The van der Waals surface area contributed by atoms with Gasteiger partial charge >= 0.3 is 0 Å². The molecule has 0 heterocycles. The summed E-state index contributed by atoms with van der Waals surface area (Å²) in [4.78, 5) is 0. The second kappa shape index (κ2) is 4.28. The van der Waals surface area contributed by atoms with Crippen molar-refractivity contribution in [1.82, 2.24) is 0 Å². The maximum absolute atomic E-state index is 9.56. The van der Waals surface area contributed by atoms with Gasteiger partial charge < -0.3 is 10.2 Å². The fraction of sp³-hybridized carbons (Fsp3) is 0.455. The summed E-state index contributed by atoms with van der Waals surface area (Å²) >= 11 is 0. The van der Waals surface area contributed by atoms with Crippen LogP contribution in [0.2, 0.25) is 0 Å². The first kappa shape index (κ1) is 10.1. The van der Waals surface area contributed by atoms with E-state index in [1.807, 2.05) is 13.8 Å². The SMILES string of the molecule is CCc1c(O)ccc(CO)c1CC. The second-order valence-electron chi connectivity index (χ2n) is 3.07. The van der Waals surface area contributed by atoms with Gasteiger partial charge in [0.15, 0.2) is 0 Å². The lowest BCUT2D eigenvalue weighted by molar-refractivity contribution is 0.280. The van der Waals surface area contributed by atoms with Gasteiger partial charge in [-0.3, -0.25) is 0 Å². The third-order valence-electron chi connectivity index (χ3n) is 2.38. The van der Waals surface area contributed by atoms with Crippen LogP contribution in [0.1, 0.15) is 30.5 Å².